The summed E-state index contributed by atoms with van der Waals surface area (Å²) in [6, 6.07) is 19.4. The molecule has 0 saturated carbocycles. The second kappa shape index (κ2) is 8.87. The van der Waals surface area contributed by atoms with Crippen LogP contribution in [0.4, 0.5) is 5.69 Å². The summed E-state index contributed by atoms with van der Waals surface area (Å²) < 4.78 is 1.27. The van der Waals surface area contributed by atoms with Crippen LogP contribution in [-0.2, 0) is 13.0 Å². The average Bonchev–Trinajstić information content (AvgIpc) is 3.11. The Kier molecular flexibility index (Phi) is 6.54. The highest BCUT2D eigenvalue weighted by atomic mass is 35.5. The lowest BCUT2D eigenvalue weighted by atomic mass is 10.1. The van der Waals surface area contributed by atoms with Gasteiger partial charge in [0.05, 0.1) is 6.61 Å². The summed E-state index contributed by atoms with van der Waals surface area (Å²) in [6.07, 6.45) is 1.13. The number of aliphatic hydroxyl groups excluding tert-OH is 1. The number of thiophene rings is 1. The van der Waals surface area contributed by atoms with Gasteiger partial charge >= 0.3 is 0 Å². The fourth-order valence-electron chi connectivity index (χ4n) is 3.60. The normalized spacial score (nSPS) is 15.2. The number of benzene rings is 2. The zero-order valence-electron chi connectivity index (χ0n) is 14.8. The molecule has 1 N–H and O–H groups in total. The van der Waals surface area contributed by atoms with Crippen LogP contribution in [0.15, 0.2) is 54.6 Å². The zero-order valence-corrected chi connectivity index (χ0v) is 16.4. The van der Waals surface area contributed by atoms with Crippen molar-refractivity contribution in [2.45, 2.75) is 13.0 Å². The van der Waals surface area contributed by atoms with E-state index < -0.39 is 0 Å². The summed E-state index contributed by atoms with van der Waals surface area (Å²) in [6.45, 7) is 5.62. The Labute approximate surface area is 165 Å². The van der Waals surface area contributed by atoms with E-state index in [1.807, 2.05) is 0 Å². The third kappa shape index (κ3) is 4.21. The summed E-state index contributed by atoms with van der Waals surface area (Å²) in [5, 5.41) is 10.7. The van der Waals surface area contributed by atoms with E-state index in [1.165, 1.54) is 21.3 Å². The van der Waals surface area contributed by atoms with E-state index in [0.29, 0.717) is 0 Å². The van der Waals surface area contributed by atoms with Crippen molar-refractivity contribution >= 4 is 39.5 Å². The van der Waals surface area contributed by atoms with Crippen LogP contribution < -0.4 is 4.90 Å². The number of anilines is 1. The van der Waals surface area contributed by atoms with Crippen molar-refractivity contribution in [1.82, 2.24) is 4.90 Å². The van der Waals surface area contributed by atoms with Crippen molar-refractivity contribution in [2.24, 2.45) is 0 Å². The molecule has 0 aliphatic carbocycles. The number of fused-ring (bicyclic) bond motifs is 1. The predicted molar refractivity (Wildman–Crippen MR) is 114 cm³/mol. The first kappa shape index (κ1) is 19.2. The molecular weight excluding hydrogens is 364 g/mol. The number of nitrogens with zero attached hydrogens (tertiary/aromatic N) is 2. The Morgan fingerprint density at radius 1 is 0.923 bits per heavy atom. The first-order valence-electron chi connectivity index (χ1n) is 8.97. The number of piperazine rings is 1. The molecule has 0 bridgehead atoms. The number of aliphatic hydroxyl groups is 1. The number of rotatable bonds is 5. The smallest absolute Gasteiger partial charge is 0.0774 e. The summed E-state index contributed by atoms with van der Waals surface area (Å²) >= 11 is 1.69. The third-order valence-corrected chi connectivity index (χ3v) is 6.10. The van der Waals surface area contributed by atoms with Crippen LogP contribution in [0.2, 0.25) is 0 Å². The van der Waals surface area contributed by atoms with Gasteiger partial charge in [-0.3, -0.25) is 4.90 Å². The number of hydrogen-bond acceptors (Lipinski definition) is 4. The van der Waals surface area contributed by atoms with Crippen molar-refractivity contribution in [3.05, 3.63) is 65.0 Å². The first-order valence-corrected chi connectivity index (χ1v) is 9.78. The summed E-state index contributed by atoms with van der Waals surface area (Å²) in [5.41, 5.74) is 2.74. The van der Waals surface area contributed by atoms with Crippen molar-refractivity contribution in [2.75, 3.05) is 37.6 Å². The SMILES string of the molecule is Cl.OCc1cc2c(N3CCN(CCc4ccccc4)CC3)cccc2s1. The molecule has 138 valence electrons. The van der Waals surface area contributed by atoms with Crippen LogP contribution in [0.25, 0.3) is 10.1 Å². The monoisotopic (exact) mass is 388 g/mol. The second-order valence-corrected chi connectivity index (χ2v) is 7.79. The lowest BCUT2D eigenvalue weighted by Crippen LogP contribution is -2.47. The lowest BCUT2D eigenvalue weighted by Gasteiger charge is -2.36. The van der Waals surface area contributed by atoms with Crippen molar-refractivity contribution < 1.29 is 5.11 Å². The first-order chi connectivity index (χ1) is 12.3. The van der Waals surface area contributed by atoms with Crippen LogP contribution in [0.3, 0.4) is 0 Å². The number of hydrogen-bond donors (Lipinski definition) is 1. The molecular formula is C21H25ClN2OS. The maximum atomic E-state index is 9.42. The van der Waals surface area contributed by atoms with Crippen molar-refractivity contribution in [1.29, 1.82) is 0 Å². The summed E-state index contributed by atoms with van der Waals surface area (Å²) in [7, 11) is 0. The van der Waals surface area contributed by atoms with Crippen LogP contribution in [0, 0.1) is 0 Å². The van der Waals surface area contributed by atoms with Gasteiger partial charge in [-0.2, -0.15) is 0 Å². The molecule has 0 unspecified atom stereocenters. The van der Waals surface area contributed by atoms with E-state index in [-0.39, 0.29) is 19.0 Å². The van der Waals surface area contributed by atoms with E-state index >= 15 is 0 Å². The zero-order chi connectivity index (χ0) is 17.1. The highest BCUT2D eigenvalue weighted by molar-refractivity contribution is 7.19. The molecule has 2 aromatic carbocycles. The van der Waals surface area contributed by atoms with E-state index in [2.05, 4.69) is 64.4 Å². The molecule has 5 heteroatoms. The minimum Gasteiger partial charge on any atom is -0.391 e. The molecule has 1 fully saturated rings. The van der Waals surface area contributed by atoms with E-state index in [1.54, 1.807) is 11.3 Å². The van der Waals surface area contributed by atoms with E-state index in [4.69, 9.17) is 0 Å². The maximum absolute atomic E-state index is 9.42. The fourth-order valence-corrected chi connectivity index (χ4v) is 4.54. The Hall–Kier alpha value is -1.59. The van der Waals surface area contributed by atoms with E-state index in [0.717, 1.165) is 44.0 Å². The highest BCUT2D eigenvalue weighted by Crippen LogP contribution is 2.33. The van der Waals surface area contributed by atoms with Gasteiger partial charge in [0.15, 0.2) is 0 Å². The van der Waals surface area contributed by atoms with Gasteiger partial charge in [0, 0.05) is 53.4 Å². The minimum absolute atomic E-state index is 0. The van der Waals surface area contributed by atoms with Crippen LogP contribution in [-0.4, -0.2) is 42.7 Å². The largest absolute Gasteiger partial charge is 0.391 e. The van der Waals surface area contributed by atoms with Crippen molar-refractivity contribution in [3.63, 3.8) is 0 Å². The molecule has 2 heterocycles. The van der Waals surface area contributed by atoms with Gasteiger partial charge in [-0.15, -0.1) is 23.7 Å². The van der Waals surface area contributed by atoms with E-state index in [9.17, 15) is 5.11 Å². The molecule has 0 radical (unpaired) electrons. The van der Waals surface area contributed by atoms with Gasteiger partial charge in [-0.1, -0.05) is 36.4 Å². The van der Waals surface area contributed by atoms with Gasteiger partial charge in [-0.05, 0) is 30.2 Å². The van der Waals surface area contributed by atoms with Gasteiger partial charge < -0.3 is 10.0 Å². The minimum atomic E-state index is 0. The summed E-state index contributed by atoms with van der Waals surface area (Å²) in [5.74, 6) is 0. The molecule has 0 spiro atoms. The molecule has 3 nitrogen and oxygen atoms in total. The summed E-state index contributed by atoms with van der Waals surface area (Å²) in [4.78, 5) is 6.11. The molecule has 0 amide bonds. The van der Waals surface area contributed by atoms with Crippen LogP contribution >= 0.6 is 23.7 Å². The predicted octanol–water partition coefficient (Wildman–Crippen LogP) is 4.18. The molecule has 26 heavy (non-hydrogen) atoms. The Balaban J connectivity index is 0.00000196. The van der Waals surface area contributed by atoms with Gasteiger partial charge in [0.25, 0.3) is 0 Å². The van der Waals surface area contributed by atoms with Gasteiger partial charge in [0.1, 0.15) is 0 Å². The molecule has 4 rings (SSSR count). The van der Waals surface area contributed by atoms with Gasteiger partial charge in [-0.25, -0.2) is 0 Å². The second-order valence-electron chi connectivity index (χ2n) is 6.62. The van der Waals surface area contributed by atoms with Crippen LogP contribution in [0.5, 0.6) is 0 Å². The standard InChI is InChI=1S/C21H24N2OS.ClH/c24-16-18-15-19-20(7-4-8-21(19)25-18)23-13-11-22(12-14-23)10-9-17-5-2-1-3-6-17;/h1-8,15,24H,9-14,16H2;1H. The van der Waals surface area contributed by atoms with Crippen LogP contribution in [0.1, 0.15) is 10.4 Å². The topological polar surface area (TPSA) is 26.7 Å². The average molecular weight is 389 g/mol. The maximum Gasteiger partial charge on any atom is 0.0774 e. The molecule has 1 aliphatic rings. The molecule has 3 aromatic rings. The Morgan fingerprint density at radius 2 is 1.69 bits per heavy atom. The third-order valence-electron chi connectivity index (χ3n) is 5.02. The fraction of sp³-hybridized carbons (Fsp3) is 0.333. The molecule has 1 saturated heterocycles. The van der Waals surface area contributed by atoms with Gasteiger partial charge in [0.2, 0.25) is 0 Å². The van der Waals surface area contributed by atoms with Crippen molar-refractivity contribution in [3.8, 4) is 0 Å². The Bertz CT molecular complexity index is 828. The quantitative estimate of drug-likeness (QED) is 0.710. The number of halogens is 1. The lowest BCUT2D eigenvalue weighted by molar-refractivity contribution is 0.261. The Morgan fingerprint density at radius 3 is 2.42 bits per heavy atom. The molecule has 1 aromatic heterocycles. The molecule has 1 aliphatic heterocycles. The highest BCUT2D eigenvalue weighted by Gasteiger charge is 2.19. The molecule has 0 atom stereocenters.